The number of primary sulfonamides is 1. The van der Waals surface area contributed by atoms with Crippen molar-refractivity contribution in [3.05, 3.63) is 137 Å². The molecule has 0 amide bonds. The molecular weight excluding hydrogens is 611 g/mol. The molecule has 1 atom stereocenters. The van der Waals surface area contributed by atoms with Crippen LogP contribution < -0.4 is 5.14 Å². The standard InChI is InChI=1S/C38H37N3O5S/c1-2-29(30-19-12-20-31-33(30)35(28-17-10-5-11-18-28)41-37(40-31)47(39,44)45)34-32(42)25-38(46-36(34)43,23-21-26-13-6-3-7-14-26)24-22-27-15-8-4-9-16-27/h3-20,29,42H,2,21-25H2,1H3,(H2,39,44,45). The van der Waals surface area contributed by atoms with Gasteiger partial charge in [0.05, 0.1) is 16.8 Å². The Morgan fingerprint density at radius 2 is 1.40 bits per heavy atom. The minimum absolute atomic E-state index is 0.00885. The van der Waals surface area contributed by atoms with Crippen LogP contribution in [-0.2, 0) is 32.4 Å². The second-order valence-corrected chi connectivity index (χ2v) is 13.5. The van der Waals surface area contributed by atoms with Crippen molar-refractivity contribution in [2.45, 2.75) is 62.1 Å². The maximum Gasteiger partial charge on any atom is 0.338 e. The number of sulfonamides is 1. The van der Waals surface area contributed by atoms with E-state index in [1.807, 2.05) is 79.7 Å². The molecule has 240 valence electrons. The second kappa shape index (κ2) is 13.5. The number of aliphatic hydroxyl groups excluding tert-OH is 1. The number of aromatic nitrogens is 2. The van der Waals surface area contributed by atoms with Gasteiger partial charge < -0.3 is 9.84 Å². The summed E-state index contributed by atoms with van der Waals surface area (Å²) in [5.41, 5.74) is 3.65. The van der Waals surface area contributed by atoms with Crippen LogP contribution >= 0.6 is 0 Å². The molecule has 47 heavy (non-hydrogen) atoms. The summed E-state index contributed by atoms with van der Waals surface area (Å²) in [7, 11) is -4.21. The number of fused-ring (bicyclic) bond motifs is 1. The quantitative estimate of drug-likeness (QED) is 0.114. The van der Waals surface area contributed by atoms with E-state index in [1.165, 1.54) is 0 Å². The third kappa shape index (κ3) is 6.96. The number of carbonyl (C=O) groups excluding carboxylic acids is 1. The van der Waals surface area contributed by atoms with E-state index in [0.717, 1.165) is 11.1 Å². The maximum absolute atomic E-state index is 14.1. The first-order valence-corrected chi connectivity index (χ1v) is 17.3. The van der Waals surface area contributed by atoms with E-state index < -0.39 is 32.7 Å². The van der Waals surface area contributed by atoms with E-state index in [2.05, 4.69) is 34.2 Å². The SMILES string of the molecule is CCC(C1=C(O)CC(CCc2ccccc2)(CCc2ccccc2)OC1=O)c1cccc2nc(S(N)(=O)=O)nc(-c3ccccc3)c12. The number of esters is 1. The van der Waals surface area contributed by atoms with Crippen LogP contribution in [0.2, 0.25) is 0 Å². The number of nitrogens with zero attached hydrogens (tertiary/aromatic N) is 2. The van der Waals surface area contributed by atoms with Gasteiger partial charge in [0.25, 0.3) is 15.2 Å². The van der Waals surface area contributed by atoms with E-state index in [9.17, 15) is 18.3 Å². The number of cyclic esters (lactones) is 1. The van der Waals surface area contributed by atoms with Crippen LogP contribution in [0.15, 0.2) is 126 Å². The summed E-state index contributed by atoms with van der Waals surface area (Å²) in [5, 5.41) is 17.3. The van der Waals surface area contributed by atoms with Gasteiger partial charge in [-0.3, -0.25) is 0 Å². The predicted octanol–water partition coefficient (Wildman–Crippen LogP) is 7.20. The van der Waals surface area contributed by atoms with Crippen molar-refractivity contribution in [2.24, 2.45) is 5.14 Å². The minimum atomic E-state index is -4.21. The first-order chi connectivity index (χ1) is 22.7. The second-order valence-electron chi connectivity index (χ2n) is 12.0. The van der Waals surface area contributed by atoms with Gasteiger partial charge in [0.2, 0.25) is 0 Å². The fourth-order valence-corrected chi connectivity index (χ4v) is 7.02. The summed E-state index contributed by atoms with van der Waals surface area (Å²) in [4.78, 5) is 22.8. The summed E-state index contributed by atoms with van der Waals surface area (Å²) < 4.78 is 31.1. The van der Waals surface area contributed by atoms with E-state index in [0.29, 0.717) is 59.8 Å². The Morgan fingerprint density at radius 1 is 0.830 bits per heavy atom. The molecule has 0 saturated heterocycles. The van der Waals surface area contributed by atoms with Crippen LogP contribution in [0.3, 0.4) is 0 Å². The highest BCUT2D eigenvalue weighted by Crippen LogP contribution is 2.44. The molecule has 4 aromatic carbocycles. The average Bonchev–Trinajstić information content (AvgIpc) is 3.08. The molecule has 3 N–H and O–H groups in total. The van der Waals surface area contributed by atoms with Gasteiger partial charge in [-0.05, 0) is 54.9 Å². The number of benzene rings is 4. The van der Waals surface area contributed by atoms with Gasteiger partial charge in [-0.1, -0.05) is 110 Å². The number of rotatable bonds is 11. The van der Waals surface area contributed by atoms with Crippen LogP contribution in [0.25, 0.3) is 22.2 Å². The summed E-state index contributed by atoms with van der Waals surface area (Å²) in [6.45, 7) is 1.94. The lowest BCUT2D eigenvalue weighted by Gasteiger charge is -2.39. The highest BCUT2D eigenvalue weighted by atomic mass is 32.2. The summed E-state index contributed by atoms with van der Waals surface area (Å²) in [6.07, 6.45) is 3.14. The lowest BCUT2D eigenvalue weighted by atomic mass is 9.78. The van der Waals surface area contributed by atoms with Gasteiger partial charge in [-0.2, -0.15) is 0 Å². The van der Waals surface area contributed by atoms with Crippen molar-refractivity contribution in [2.75, 3.05) is 0 Å². The van der Waals surface area contributed by atoms with Gasteiger partial charge in [0.15, 0.2) is 0 Å². The van der Waals surface area contributed by atoms with Crippen molar-refractivity contribution < 1.29 is 23.1 Å². The fraction of sp³-hybridized carbons (Fsp3) is 0.237. The summed E-state index contributed by atoms with van der Waals surface area (Å²) >= 11 is 0. The first-order valence-electron chi connectivity index (χ1n) is 15.8. The fourth-order valence-electron chi connectivity index (χ4n) is 6.58. The molecule has 9 heteroatoms. The Morgan fingerprint density at radius 3 is 1.94 bits per heavy atom. The third-order valence-electron chi connectivity index (χ3n) is 8.92. The molecule has 0 saturated carbocycles. The summed E-state index contributed by atoms with van der Waals surface area (Å²) in [6, 6.07) is 34.6. The highest BCUT2D eigenvalue weighted by molar-refractivity contribution is 7.89. The normalized spacial score (nSPS) is 15.4. The predicted molar refractivity (Wildman–Crippen MR) is 182 cm³/mol. The minimum Gasteiger partial charge on any atom is -0.512 e. The summed E-state index contributed by atoms with van der Waals surface area (Å²) in [5.74, 6) is -1.12. The lowest BCUT2D eigenvalue weighted by molar-refractivity contribution is -0.161. The largest absolute Gasteiger partial charge is 0.512 e. The molecule has 0 fully saturated rings. The van der Waals surface area contributed by atoms with Crippen molar-refractivity contribution >= 4 is 26.9 Å². The molecule has 0 radical (unpaired) electrons. The molecule has 0 aliphatic carbocycles. The molecular formula is C38H37N3O5S. The molecule has 1 aromatic heterocycles. The monoisotopic (exact) mass is 647 g/mol. The Kier molecular flexibility index (Phi) is 9.20. The van der Waals surface area contributed by atoms with E-state index in [1.54, 1.807) is 12.1 Å². The lowest BCUT2D eigenvalue weighted by Crippen LogP contribution is -2.42. The van der Waals surface area contributed by atoms with Crippen LogP contribution in [-0.4, -0.2) is 35.1 Å². The molecule has 1 unspecified atom stereocenters. The number of hydrogen-bond donors (Lipinski definition) is 2. The van der Waals surface area contributed by atoms with E-state index in [4.69, 9.17) is 9.88 Å². The van der Waals surface area contributed by atoms with Gasteiger partial charge in [0.1, 0.15) is 11.4 Å². The topological polar surface area (TPSA) is 132 Å². The number of aliphatic hydroxyl groups is 1. The van der Waals surface area contributed by atoms with Gasteiger partial charge in [-0.15, -0.1) is 0 Å². The molecule has 8 nitrogen and oxygen atoms in total. The Balaban J connectivity index is 1.43. The van der Waals surface area contributed by atoms with Gasteiger partial charge in [0, 0.05) is 23.3 Å². The smallest absolute Gasteiger partial charge is 0.338 e. The van der Waals surface area contributed by atoms with Crippen molar-refractivity contribution in [1.82, 2.24) is 9.97 Å². The number of aryl methyl sites for hydroxylation is 2. The average molecular weight is 648 g/mol. The van der Waals surface area contributed by atoms with Crippen LogP contribution in [0.4, 0.5) is 0 Å². The number of carbonyl (C=O) groups is 1. The first kappa shape index (κ1) is 32.1. The van der Waals surface area contributed by atoms with E-state index >= 15 is 0 Å². The molecule has 5 aromatic rings. The Labute approximate surface area is 275 Å². The third-order valence-corrected chi connectivity index (χ3v) is 9.61. The number of nitrogens with two attached hydrogens (primary N) is 1. The van der Waals surface area contributed by atoms with E-state index in [-0.39, 0.29) is 17.8 Å². The maximum atomic E-state index is 14.1. The molecule has 1 aliphatic rings. The van der Waals surface area contributed by atoms with Crippen LogP contribution in [0.5, 0.6) is 0 Å². The number of ether oxygens (including phenoxy) is 1. The van der Waals surface area contributed by atoms with Gasteiger partial charge >= 0.3 is 5.97 Å². The molecule has 6 rings (SSSR count). The molecule has 2 heterocycles. The zero-order valence-corrected chi connectivity index (χ0v) is 27.0. The zero-order chi connectivity index (χ0) is 33.0. The van der Waals surface area contributed by atoms with Crippen molar-refractivity contribution in [3.8, 4) is 11.3 Å². The number of hydrogen-bond acceptors (Lipinski definition) is 7. The van der Waals surface area contributed by atoms with Gasteiger partial charge in [-0.25, -0.2) is 28.3 Å². The Bertz CT molecular complexity index is 1990. The van der Waals surface area contributed by atoms with Crippen molar-refractivity contribution in [3.63, 3.8) is 0 Å². The van der Waals surface area contributed by atoms with Crippen LogP contribution in [0, 0.1) is 0 Å². The zero-order valence-electron chi connectivity index (χ0n) is 26.2. The molecule has 1 aliphatic heterocycles. The van der Waals surface area contributed by atoms with Crippen molar-refractivity contribution in [1.29, 1.82) is 0 Å². The Hall–Kier alpha value is -4.86. The highest BCUT2D eigenvalue weighted by Gasteiger charge is 2.44. The molecule has 0 bridgehead atoms. The van der Waals surface area contributed by atoms with Crippen LogP contribution in [0.1, 0.15) is 55.2 Å². The molecule has 0 spiro atoms.